The third-order valence-corrected chi connectivity index (χ3v) is 2.70. The van der Waals surface area contributed by atoms with E-state index in [1.165, 1.54) is 0 Å². The highest BCUT2D eigenvalue weighted by Crippen LogP contribution is 2.25. The van der Waals surface area contributed by atoms with Gasteiger partial charge in [-0.05, 0) is 46.6 Å². The number of rotatable bonds is 3. The summed E-state index contributed by atoms with van der Waals surface area (Å²) < 4.78 is 6.46. The van der Waals surface area contributed by atoms with Gasteiger partial charge in [0.25, 0.3) is 0 Å². The van der Waals surface area contributed by atoms with E-state index in [-0.39, 0.29) is 6.61 Å². The van der Waals surface area contributed by atoms with E-state index in [1.54, 1.807) is 12.3 Å². The number of nitrogens with zero attached hydrogens (tertiary/aromatic N) is 1. The largest absolute Gasteiger partial charge is 0.439 e. The number of benzene rings is 1. The predicted molar refractivity (Wildman–Crippen MR) is 69.1 cm³/mol. The molecular formula is C13H12BrNO2. The maximum absolute atomic E-state index is 9.23. The van der Waals surface area contributed by atoms with Crippen LogP contribution in [0.2, 0.25) is 0 Å². The maximum Gasteiger partial charge on any atom is 0.224 e. The number of aliphatic hydroxyl groups is 1. The maximum atomic E-state index is 9.23. The number of aryl methyl sites for hydroxylation is 1. The van der Waals surface area contributed by atoms with E-state index < -0.39 is 0 Å². The molecular weight excluding hydrogens is 282 g/mol. The lowest BCUT2D eigenvalue weighted by molar-refractivity contribution is 0.275. The van der Waals surface area contributed by atoms with Gasteiger partial charge in [-0.15, -0.1) is 0 Å². The third kappa shape index (κ3) is 3.05. The van der Waals surface area contributed by atoms with Crippen LogP contribution in [-0.2, 0) is 6.61 Å². The molecule has 0 saturated carbocycles. The van der Waals surface area contributed by atoms with Crippen molar-refractivity contribution < 1.29 is 9.84 Å². The van der Waals surface area contributed by atoms with E-state index in [4.69, 9.17) is 4.74 Å². The number of hydrogen-bond donors (Lipinski definition) is 1. The lowest BCUT2D eigenvalue weighted by atomic mass is 10.2. The van der Waals surface area contributed by atoms with Crippen molar-refractivity contribution in [2.75, 3.05) is 0 Å². The van der Waals surface area contributed by atoms with Crippen molar-refractivity contribution in [3.8, 4) is 11.6 Å². The second-order valence-electron chi connectivity index (χ2n) is 3.69. The van der Waals surface area contributed by atoms with E-state index in [0.29, 0.717) is 11.4 Å². The summed E-state index contributed by atoms with van der Waals surface area (Å²) in [6.45, 7) is 1.89. The first-order valence-electron chi connectivity index (χ1n) is 5.19. The van der Waals surface area contributed by atoms with Gasteiger partial charge in [0.1, 0.15) is 5.75 Å². The summed E-state index contributed by atoms with van der Waals surface area (Å²) in [6.07, 6.45) is 1.64. The van der Waals surface area contributed by atoms with Crippen molar-refractivity contribution in [2.45, 2.75) is 13.5 Å². The zero-order chi connectivity index (χ0) is 12.3. The molecule has 1 aromatic carbocycles. The Labute approximate surface area is 108 Å². The van der Waals surface area contributed by atoms with Gasteiger partial charge >= 0.3 is 0 Å². The van der Waals surface area contributed by atoms with E-state index in [2.05, 4.69) is 20.9 Å². The fourth-order valence-electron chi connectivity index (χ4n) is 1.46. The lowest BCUT2D eigenvalue weighted by Gasteiger charge is -2.09. The highest BCUT2D eigenvalue weighted by molar-refractivity contribution is 9.10. The SMILES string of the molecule is Cc1cccc(Oc2ncc(Br)cc2CO)c1. The first-order chi connectivity index (χ1) is 8.19. The van der Waals surface area contributed by atoms with Crippen LogP contribution in [0.25, 0.3) is 0 Å². The van der Waals surface area contributed by atoms with E-state index in [9.17, 15) is 5.11 Å². The van der Waals surface area contributed by atoms with Crippen molar-refractivity contribution >= 4 is 15.9 Å². The molecule has 0 unspecified atom stereocenters. The molecule has 3 nitrogen and oxygen atoms in total. The Hall–Kier alpha value is -1.39. The molecule has 1 heterocycles. The highest BCUT2D eigenvalue weighted by Gasteiger charge is 2.06. The van der Waals surface area contributed by atoms with Crippen LogP contribution in [0.5, 0.6) is 11.6 Å². The van der Waals surface area contributed by atoms with E-state index >= 15 is 0 Å². The molecule has 0 radical (unpaired) electrons. The van der Waals surface area contributed by atoms with Crippen LogP contribution >= 0.6 is 15.9 Å². The molecule has 0 aliphatic heterocycles. The summed E-state index contributed by atoms with van der Waals surface area (Å²) in [5.74, 6) is 1.15. The second-order valence-corrected chi connectivity index (χ2v) is 4.61. The number of ether oxygens (including phenoxy) is 1. The fourth-order valence-corrected chi connectivity index (χ4v) is 1.84. The molecule has 0 fully saturated rings. The van der Waals surface area contributed by atoms with Crippen LogP contribution in [0, 0.1) is 6.92 Å². The first-order valence-corrected chi connectivity index (χ1v) is 5.98. The molecule has 0 amide bonds. The van der Waals surface area contributed by atoms with Gasteiger partial charge in [-0.1, -0.05) is 12.1 Å². The molecule has 0 bridgehead atoms. The van der Waals surface area contributed by atoms with Crippen molar-refractivity contribution in [1.29, 1.82) is 0 Å². The fraction of sp³-hybridized carbons (Fsp3) is 0.154. The Bertz CT molecular complexity index is 529. The van der Waals surface area contributed by atoms with Crippen molar-refractivity contribution in [3.05, 3.63) is 52.1 Å². The average Bonchev–Trinajstić information content (AvgIpc) is 2.31. The minimum absolute atomic E-state index is 0.104. The van der Waals surface area contributed by atoms with Crippen molar-refractivity contribution in [2.24, 2.45) is 0 Å². The summed E-state index contributed by atoms with van der Waals surface area (Å²) in [7, 11) is 0. The third-order valence-electron chi connectivity index (χ3n) is 2.27. The lowest BCUT2D eigenvalue weighted by Crippen LogP contribution is -1.95. The molecule has 2 aromatic rings. The van der Waals surface area contributed by atoms with Gasteiger partial charge in [-0.25, -0.2) is 4.98 Å². The van der Waals surface area contributed by atoms with Crippen LogP contribution in [0.3, 0.4) is 0 Å². The quantitative estimate of drug-likeness (QED) is 0.943. The Morgan fingerprint density at radius 1 is 1.35 bits per heavy atom. The van der Waals surface area contributed by atoms with Crippen LogP contribution in [0.1, 0.15) is 11.1 Å². The van der Waals surface area contributed by atoms with Crippen molar-refractivity contribution in [3.63, 3.8) is 0 Å². The van der Waals surface area contributed by atoms with Gasteiger partial charge < -0.3 is 9.84 Å². The molecule has 0 spiro atoms. The summed E-state index contributed by atoms with van der Waals surface area (Å²) in [6, 6.07) is 9.48. The molecule has 1 N–H and O–H groups in total. The molecule has 4 heteroatoms. The van der Waals surface area contributed by atoms with Gasteiger partial charge in [-0.3, -0.25) is 0 Å². The zero-order valence-electron chi connectivity index (χ0n) is 9.35. The number of hydrogen-bond acceptors (Lipinski definition) is 3. The Morgan fingerprint density at radius 2 is 2.18 bits per heavy atom. The Balaban J connectivity index is 2.29. The van der Waals surface area contributed by atoms with Crippen LogP contribution in [-0.4, -0.2) is 10.1 Å². The van der Waals surface area contributed by atoms with Gasteiger partial charge in [0.2, 0.25) is 5.88 Å². The zero-order valence-corrected chi connectivity index (χ0v) is 10.9. The monoisotopic (exact) mass is 293 g/mol. The first kappa shape index (κ1) is 12.1. The summed E-state index contributed by atoms with van der Waals surface area (Å²) in [5, 5.41) is 9.23. The molecule has 0 aliphatic rings. The van der Waals surface area contributed by atoms with Crippen LogP contribution in [0.15, 0.2) is 41.0 Å². The molecule has 0 aliphatic carbocycles. The topological polar surface area (TPSA) is 42.4 Å². The number of pyridine rings is 1. The van der Waals surface area contributed by atoms with Crippen molar-refractivity contribution in [1.82, 2.24) is 4.98 Å². The van der Waals surface area contributed by atoms with E-state index in [0.717, 1.165) is 15.8 Å². The van der Waals surface area contributed by atoms with Crippen LogP contribution in [0.4, 0.5) is 0 Å². The second kappa shape index (κ2) is 5.29. The number of aliphatic hydroxyl groups excluding tert-OH is 1. The molecule has 1 aromatic heterocycles. The molecule has 88 valence electrons. The molecule has 0 atom stereocenters. The van der Waals surface area contributed by atoms with E-state index in [1.807, 2.05) is 31.2 Å². The Morgan fingerprint density at radius 3 is 2.88 bits per heavy atom. The van der Waals surface area contributed by atoms with Gasteiger partial charge in [0.05, 0.1) is 6.61 Å². The number of aromatic nitrogens is 1. The molecule has 0 saturated heterocycles. The highest BCUT2D eigenvalue weighted by atomic mass is 79.9. The standard InChI is InChI=1S/C13H12BrNO2/c1-9-3-2-4-12(5-9)17-13-10(8-16)6-11(14)7-15-13/h2-7,16H,8H2,1H3. The predicted octanol–water partition coefficient (Wildman–Crippen LogP) is 3.44. The molecule has 17 heavy (non-hydrogen) atoms. The van der Waals surface area contributed by atoms with Gasteiger partial charge in [0, 0.05) is 16.2 Å². The molecule has 2 rings (SSSR count). The Kier molecular flexibility index (Phi) is 3.76. The van der Waals surface area contributed by atoms with Gasteiger partial charge in [0.15, 0.2) is 0 Å². The van der Waals surface area contributed by atoms with Crippen LogP contribution < -0.4 is 4.74 Å². The summed E-state index contributed by atoms with van der Waals surface area (Å²) >= 11 is 3.30. The normalized spacial score (nSPS) is 10.3. The summed E-state index contributed by atoms with van der Waals surface area (Å²) in [4.78, 5) is 4.14. The van der Waals surface area contributed by atoms with Gasteiger partial charge in [-0.2, -0.15) is 0 Å². The minimum atomic E-state index is -0.104. The smallest absolute Gasteiger partial charge is 0.224 e. The minimum Gasteiger partial charge on any atom is -0.439 e. The average molecular weight is 294 g/mol. The summed E-state index contributed by atoms with van der Waals surface area (Å²) in [5.41, 5.74) is 1.77. The number of halogens is 1.